The van der Waals surface area contributed by atoms with E-state index < -0.39 is 29.2 Å². The Morgan fingerprint density at radius 3 is 1.81 bits per heavy atom. The van der Waals surface area contributed by atoms with Crippen LogP contribution < -0.4 is 0 Å². The predicted octanol–water partition coefficient (Wildman–Crippen LogP) is -2.56. The molecule has 93 valence electrons. The van der Waals surface area contributed by atoms with Crippen LogP contribution >= 0.6 is 0 Å². The van der Waals surface area contributed by atoms with Crippen LogP contribution in [0.5, 0.6) is 0 Å². The fraction of sp³-hybridized carbons (Fsp3) is 0.500. The molecule has 0 aromatic heterocycles. The zero-order chi connectivity index (χ0) is 10.6. The van der Waals surface area contributed by atoms with Gasteiger partial charge in [-0.1, -0.05) is 0 Å². The number of carboxylic acid groups (broad SMARTS) is 2. The van der Waals surface area contributed by atoms with Gasteiger partial charge in [0.15, 0.2) is 6.10 Å². The van der Waals surface area contributed by atoms with E-state index in [-0.39, 0.29) is 52.4 Å². The standard InChI is InChI=1S/C4H5NO8.Li.Mn.Ni.H/c6-1(3(7)8)2(4(9)10)13-5(11)12;;;;/h1-2,6H,(H,7,8)(H,9,10);;;;. The predicted molar refractivity (Wildman–Crippen MR) is 40.3 cm³/mol. The van der Waals surface area contributed by atoms with Gasteiger partial charge in [0.05, 0.1) is 0 Å². The molecule has 2 unspecified atom stereocenters. The number of aliphatic carboxylic acids is 2. The molecule has 0 aliphatic carbocycles. The molecule has 1 radical (unpaired) electrons. The normalized spacial score (nSPS) is 11.6. The summed E-state index contributed by atoms with van der Waals surface area (Å²) >= 11 is 0. The smallest absolute Gasteiger partial charge is 0 e. The van der Waals surface area contributed by atoms with Crippen LogP contribution in [0, 0.1) is 10.1 Å². The Bertz CT molecular complexity index is 252. The molecule has 0 bridgehead atoms. The minimum Gasteiger partial charge on any atom is 0 e. The van der Waals surface area contributed by atoms with Gasteiger partial charge in [0.25, 0.3) is 5.09 Å². The summed E-state index contributed by atoms with van der Waals surface area (Å²) in [6, 6.07) is 0. The topological polar surface area (TPSA) is 147 Å². The van der Waals surface area contributed by atoms with E-state index in [0.29, 0.717) is 0 Å². The summed E-state index contributed by atoms with van der Waals surface area (Å²) in [4.78, 5) is 33.2. The Morgan fingerprint density at radius 1 is 1.25 bits per heavy atom. The number of hydrogen-bond donors (Lipinski definition) is 3. The van der Waals surface area contributed by atoms with E-state index in [9.17, 15) is 19.7 Å². The number of carboxylic acids is 2. The summed E-state index contributed by atoms with van der Waals surface area (Å²) in [5.41, 5.74) is 0. The van der Waals surface area contributed by atoms with Gasteiger partial charge in [-0.25, -0.2) is 9.59 Å². The molecule has 0 saturated heterocycles. The average molecular weight is 317 g/mol. The maximum Gasteiger partial charge on any atom is 0 e. The molecule has 0 aromatic rings. The summed E-state index contributed by atoms with van der Waals surface area (Å²) in [5, 5.41) is 33.0. The Hall–Kier alpha value is -0.290. The third kappa shape index (κ3) is 8.97. The summed E-state index contributed by atoms with van der Waals surface area (Å²) in [5.74, 6) is -3.86. The van der Waals surface area contributed by atoms with E-state index in [1.54, 1.807) is 0 Å². The Labute approximate surface area is 121 Å². The number of nitrogens with zero attached hydrogens (tertiary/aromatic N) is 1. The van der Waals surface area contributed by atoms with E-state index in [0.717, 1.165) is 0 Å². The van der Waals surface area contributed by atoms with Gasteiger partial charge >= 0.3 is 30.8 Å². The van der Waals surface area contributed by atoms with E-state index >= 15 is 0 Å². The van der Waals surface area contributed by atoms with Crippen LogP contribution in [0.2, 0.25) is 0 Å². The first-order valence-electron chi connectivity index (χ1n) is 2.81. The summed E-state index contributed by atoms with van der Waals surface area (Å²) in [6.07, 6.45) is -4.91. The summed E-state index contributed by atoms with van der Waals surface area (Å²) < 4.78 is 0. The molecular weight excluding hydrogens is 311 g/mol. The molecule has 0 rings (SSSR count). The number of hydrogen-bond acceptors (Lipinski definition) is 6. The van der Waals surface area contributed by atoms with Gasteiger partial charge in [-0.2, -0.15) is 0 Å². The molecule has 0 aliphatic heterocycles. The SMILES string of the molecule is O=C(O)C(O)C(O[N+](=O)[O-])C(=O)O.[LiH].[Mn].[Ni]. The van der Waals surface area contributed by atoms with Gasteiger partial charge in [0, 0.05) is 33.6 Å². The fourth-order valence-corrected chi connectivity index (χ4v) is 0.460. The van der Waals surface area contributed by atoms with Crippen LogP contribution in [0.3, 0.4) is 0 Å². The summed E-state index contributed by atoms with van der Waals surface area (Å²) in [6.45, 7) is 0. The van der Waals surface area contributed by atoms with Crippen molar-refractivity contribution in [1.29, 1.82) is 0 Å². The van der Waals surface area contributed by atoms with Gasteiger partial charge in [-0.05, 0) is 0 Å². The second kappa shape index (κ2) is 11.2. The second-order valence-corrected chi connectivity index (χ2v) is 1.87. The first kappa shape index (κ1) is 24.8. The van der Waals surface area contributed by atoms with Crippen LogP contribution in [0.4, 0.5) is 0 Å². The average Bonchev–Trinajstić information content (AvgIpc) is 1.97. The molecular formula is C4H6LiMnNNiO8. The first-order chi connectivity index (χ1) is 5.86. The van der Waals surface area contributed by atoms with E-state index in [1.165, 1.54) is 0 Å². The van der Waals surface area contributed by atoms with Crippen molar-refractivity contribution >= 4 is 30.8 Å². The monoisotopic (exact) mass is 316 g/mol. The van der Waals surface area contributed by atoms with Crippen LogP contribution in [0.25, 0.3) is 0 Å². The Kier molecular flexibility index (Phi) is 17.4. The van der Waals surface area contributed by atoms with Gasteiger partial charge in [0.2, 0.25) is 6.10 Å². The van der Waals surface area contributed by atoms with Crippen molar-refractivity contribution in [3.05, 3.63) is 10.1 Å². The van der Waals surface area contributed by atoms with E-state index in [2.05, 4.69) is 4.84 Å². The molecule has 0 aromatic carbocycles. The van der Waals surface area contributed by atoms with Crippen LogP contribution in [0.1, 0.15) is 0 Å². The minimum absolute atomic E-state index is 0. The Balaban J connectivity index is -0.000000240. The Morgan fingerprint density at radius 2 is 1.62 bits per heavy atom. The molecule has 0 aliphatic rings. The fourth-order valence-electron chi connectivity index (χ4n) is 0.460. The van der Waals surface area contributed by atoms with Gasteiger partial charge in [-0.15, -0.1) is 10.1 Å². The minimum atomic E-state index is -2.48. The number of rotatable bonds is 5. The van der Waals surface area contributed by atoms with Crippen molar-refractivity contribution in [3.63, 3.8) is 0 Å². The van der Waals surface area contributed by atoms with Crippen molar-refractivity contribution in [2.24, 2.45) is 0 Å². The third-order valence-electron chi connectivity index (χ3n) is 0.983. The molecule has 3 N–H and O–H groups in total. The largest absolute Gasteiger partial charge is 0 e. The van der Waals surface area contributed by atoms with E-state index in [4.69, 9.17) is 15.3 Å². The number of aliphatic hydroxyl groups excluding tert-OH is 1. The molecule has 0 amide bonds. The first-order valence-corrected chi connectivity index (χ1v) is 2.81. The molecule has 0 fully saturated rings. The molecule has 0 spiro atoms. The third-order valence-corrected chi connectivity index (χ3v) is 0.983. The van der Waals surface area contributed by atoms with Crippen molar-refractivity contribution in [3.8, 4) is 0 Å². The van der Waals surface area contributed by atoms with Crippen molar-refractivity contribution in [2.75, 3.05) is 0 Å². The maximum absolute atomic E-state index is 10.1. The van der Waals surface area contributed by atoms with E-state index in [1.807, 2.05) is 0 Å². The molecule has 16 heavy (non-hydrogen) atoms. The summed E-state index contributed by atoms with van der Waals surface area (Å²) in [7, 11) is 0. The second-order valence-electron chi connectivity index (χ2n) is 1.87. The van der Waals surface area contributed by atoms with Gasteiger partial charge < -0.3 is 15.3 Å². The molecule has 0 saturated carbocycles. The maximum atomic E-state index is 10.1. The molecule has 0 heterocycles. The van der Waals surface area contributed by atoms with Crippen molar-refractivity contribution < 1.29 is 68.4 Å². The number of aliphatic hydroxyl groups is 1. The zero-order valence-corrected chi connectivity index (χ0v) is 8.85. The molecule has 9 nitrogen and oxygen atoms in total. The van der Waals surface area contributed by atoms with Crippen LogP contribution in [0.15, 0.2) is 0 Å². The zero-order valence-electron chi connectivity index (χ0n) is 6.68. The van der Waals surface area contributed by atoms with Crippen molar-refractivity contribution in [2.45, 2.75) is 12.2 Å². The van der Waals surface area contributed by atoms with Gasteiger partial charge in [0.1, 0.15) is 0 Å². The van der Waals surface area contributed by atoms with Crippen molar-refractivity contribution in [1.82, 2.24) is 0 Å². The molecule has 12 heteroatoms. The quantitative estimate of drug-likeness (QED) is 0.285. The molecule has 2 atom stereocenters. The van der Waals surface area contributed by atoms with Gasteiger partial charge in [-0.3, -0.25) is 4.84 Å². The van der Waals surface area contributed by atoms with Crippen LogP contribution in [-0.2, 0) is 48.0 Å². The number of carbonyl (C=O) groups is 2. The van der Waals surface area contributed by atoms with Crippen LogP contribution in [-0.4, -0.2) is 63.4 Å².